The van der Waals surface area contributed by atoms with E-state index in [9.17, 15) is 26.3 Å². The monoisotopic (exact) mass is 484 g/mol. The molecule has 1 aromatic carbocycles. The second kappa shape index (κ2) is 8.86. The number of alkyl halides is 6. The SMILES string of the molecule is [2H]C([2H])([2H])OC([2H])([2H])c1nc(Nc2ccc(C(F)(F)F)cc2)c2ccc(-c3ncccc3C(F)(F)F)nc2n1. The first-order valence-electron chi connectivity index (χ1n) is 11.8. The van der Waals surface area contributed by atoms with Crippen molar-refractivity contribution in [2.75, 3.05) is 12.4 Å². The van der Waals surface area contributed by atoms with Gasteiger partial charge in [0.1, 0.15) is 18.1 Å². The highest BCUT2D eigenvalue weighted by molar-refractivity contribution is 5.90. The van der Waals surface area contributed by atoms with E-state index in [1.165, 1.54) is 12.1 Å². The smallest absolute Gasteiger partial charge is 0.377 e. The maximum atomic E-state index is 13.5. The largest absolute Gasteiger partial charge is 0.418 e. The summed E-state index contributed by atoms with van der Waals surface area (Å²) in [6.45, 7) is -3.13. The average Bonchev–Trinajstić information content (AvgIpc) is 2.81. The summed E-state index contributed by atoms with van der Waals surface area (Å²) in [7, 11) is -3.23. The lowest BCUT2D eigenvalue weighted by Gasteiger charge is -2.14. The molecule has 0 spiro atoms. The Morgan fingerprint density at radius 3 is 2.38 bits per heavy atom. The van der Waals surface area contributed by atoms with E-state index >= 15 is 0 Å². The van der Waals surface area contributed by atoms with Crippen molar-refractivity contribution < 1.29 is 37.9 Å². The minimum atomic E-state index is -4.78. The van der Waals surface area contributed by atoms with Crippen molar-refractivity contribution in [1.82, 2.24) is 19.9 Å². The number of benzene rings is 1. The Kier molecular flexibility index (Phi) is 4.60. The molecule has 176 valence electrons. The van der Waals surface area contributed by atoms with Gasteiger partial charge in [-0.2, -0.15) is 26.3 Å². The molecule has 12 heteroatoms. The minimum absolute atomic E-state index is 0.0246. The molecule has 3 aromatic heterocycles. The van der Waals surface area contributed by atoms with Crippen molar-refractivity contribution >= 4 is 22.5 Å². The highest BCUT2D eigenvalue weighted by Gasteiger charge is 2.34. The number of hydrogen-bond acceptors (Lipinski definition) is 6. The molecule has 1 N–H and O–H groups in total. The van der Waals surface area contributed by atoms with Crippen LogP contribution in [0, 0.1) is 0 Å². The highest BCUT2D eigenvalue weighted by atomic mass is 19.4. The van der Waals surface area contributed by atoms with Gasteiger partial charge in [-0.05, 0) is 48.5 Å². The number of nitrogens with one attached hydrogen (secondary N) is 1. The van der Waals surface area contributed by atoms with Gasteiger partial charge in [0.2, 0.25) is 0 Å². The fourth-order valence-electron chi connectivity index (χ4n) is 3.05. The van der Waals surface area contributed by atoms with Gasteiger partial charge in [-0.25, -0.2) is 15.0 Å². The van der Waals surface area contributed by atoms with Crippen LogP contribution < -0.4 is 5.32 Å². The Labute approximate surface area is 195 Å². The lowest BCUT2D eigenvalue weighted by atomic mass is 10.1. The molecule has 0 atom stereocenters. The lowest BCUT2D eigenvalue weighted by molar-refractivity contribution is -0.138. The maximum absolute atomic E-state index is 13.5. The summed E-state index contributed by atoms with van der Waals surface area (Å²) >= 11 is 0. The average molecular weight is 484 g/mol. The molecule has 0 aliphatic rings. The molecule has 0 amide bonds. The fraction of sp³-hybridized carbons (Fsp3) is 0.182. The zero-order chi connectivity index (χ0) is 28.8. The van der Waals surface area contributed by atoms with E-state index < -0.39 is 48.6 Å². The van der Waals surface area contributed by atoms with E-state index in [4.69, 9.17) is 6.85 Å². The highest BCUT2D eigenvalue weighted by Crippen LogP contribution is 2.36. The minimum Gasteiger partial charge on any atom is -0.377 e. The van der Waals surface area contributed by atoms with Gasteiger partial charge in [0.15, 0.2) is 11.5 Å². The lowest BCUT2D eigenvalue weighted by Crippen LogP contribution is -2.09. The second-order valence-corrected chi connectivity index (χ2v) is 6.77. The molecule has 0 saturated carbocycles. The summed E-state index contributed by atoms with van der Waals surface area (Å²) in [5, 5.41) is 2.70. The molecule has 0 aliphatic heterocycles. The Bertz CT molecular complexity index is 1510. The van der Waals surface area contributed by atoms with Gasteiger partial charge in [0, 0.05) is 18.9 Å². The van der Waals surface area contributed by atoms with Crippen molar-refractivity contribution in [3.63, 3.8) is 0 Å². The number of ether oxygens (including phenoxy) is 1. The van der Waals surface area contributed by atoms with Crippen molar-refractivity contribution in [3.05, 3.63) is 71.7 Å². The molecular weight excluding hydrogens is 464 g/mol. The Hall–Kier alpha value is -3.80. The molecule has 0 radical (unpaired) electrons. The summed E-state index contributed by atoms with van der Waals surface area (Å²) in [6.07, 6.45) is -8.27. The molecule has 0 saturated heterocycles. The zero-order valence-electron chi connectivity index (χ0n) is 21.7. The van der Waals surface area contributed by atoms with Crippen LogP contribution in [0.2, 0.25) is 0 Å². The van der Waals surface area contributed by atoms with Gasteiger partial charge in [-0.15, -0.1) is 0 Å². The molecule has 0 bridgehead atoms. The molecule has 3 heterocycles. The van der Waals surface area contributed by atoms with Crippen molar-refractivity contribution in [1.29, 1.82) is 0 Å². The summed E-state index contributed by atoms with van der Waals surface area (Å²) in [5.41, 5.74) is -3.19. The molecule has 0 fully saturated rings. The quantitative estimate of drug-likeness (QED) is 0.350. The van der Waals surface area contributed by atoms with Gasteiger partial charge < -0.3 is 10.1 Å². The number of aromatic nitrogens is 4. The van der Waals surface area contributed by atoms with Crippen LogP contribution in [0.4, 0.5) is 37.8 Å². The number of nitrogens with zero attached hydrogens (tertiary/aromatic N) is 4. The number of anilines is 2. The van der Waals surface area contributed by atoms with Gasteiger partial charge in [-0.3, -0.25) is 4.98 Å². The van der Waals surface area contributed by atoms with Crippen molar-refractivity contribution in [2.45, 2.75) is 18.9 Å². The first-order chi connectivity index (χ1) is 17.9. The van der Waals surface area contributed by atoms with Crippen molar-refractivity contribution in [2.24, 2.45) is 0 Å². The van der Waals surface area contributed by atoms with E-state index in [0.717, 1.165) is 42.6 Å². The second-order valence-electron chi connectivity index (χ2n) is 6.77. The van der Waals surface area contributed by atoms with E-state index in [1.807, 2.05) is 0 Å². The molecule has 0 unspecified atom stereocenters. The Balaban J connectivity index is 1.87. The van der Waals surface area contributed by atoms with E-state index in [1.54, 1.807) is 0 Å². The van der Waals surface area contributed by atoms with E-state index in [-0.39, 0.29) is 28.2 Å². The first kappa shape index (κ1) is 17.6. The standard InChI is InChI=1S/C22H15F6N5O/c1-34-11-17-32-19(30-13-6-4-12(5-7-13)21(23,24)25)14-8-9-16(31-20(14)33-17)18-15(22(26,27)28)3-2-10-29-18/h2-10H,11H2,1H3,(H,30,31,32,33)/i1D3,11D2. The Morgan fingerprint density at radius 1 is 0.941 bits per heavy atom. The summed E-state index contributed by atoms with van der Waals surface area (Å²) in [6, 6.07) is 7.99. The maximum Gasteiger partial charge on any atom is 0.418 e. The third-order valence-electron chi connectivity index (χ3n) is 4.53. The predicted octanol–water partition coefficient (Wildman–Crippen LogP) is 6.01. The van der Waals surface area contributed by atoms with Crippen LogP contribution in [0.25, 0.3) is 22.4 Å². The molecule has 6 nitrogen and oxygen atoms in total. The predicted molar refractivity (Wildman–Crippen MR) is 111 cm³/mol. The topological polar surface area (TPSA) is 72.8 Å². The Morgan fingerprint density at radius 2 is 1.71 bits per heavy atom. The number of pyridine rings is 2. The van der Waals surface area contributed by atoms with Crippen LogP contribution in [0.5, 0.6) is 0 Å². The summed E-state index contributed by atoms with van der Waals surface area (Å²) in [4.78, 5) is 15.7. The molecule has 4 rings (SSSR count). The summed E-state index contributed by atoms with van der Waals surface area (Å²) in [5.74, 6) is -1.09. The van der Waals surface area contributed by atoms with Crippen LogP contribution in [0.3, 0.4) is 0 Å². The third-order valence-corrected chi connectivity index (χ3v) is 4.53. The number of methoxy groups -OCH3 is 1. The summed E-state index contributed by atoms with van der Waals surface area (Å²) < 4.78 is 122. The molecular formula is C22H15F6N5O. The molecule has 4 aromatic rings. The van der Waals surface area contributed by atoms with E-state index in [0.29, 0.717) is 0 Å². The number of fused-ring (bicyclic) bond motifs is 1. The van der Waals surface area contributed by atoms with Crippen LogP contribution in [-0.2, 0) is 23.6 Å². The molecule has 34 heavy (non-hydrogen) atoms. The normalized spacial score (nSPS) is 15.2. The molecule has 0 aliphatic carbocycles. The number of halogens is 6. The number of rotatable bonds is 5. The van der Waals surface area contributed by atoms with Crippen LogP contribution >= 0.6 is 0 Å². The first-order valence-corrected chi connectivity index (χ1v) is 9.30. The van der Waals surface area contributed by atoms with Gasteiger partial charge in [0.05, 0.1) is 29.1 Å². The number of hydrogen-bond donors (Lipinski definition) is 1. The van der Waals surface area contributed by atoms with Crippen molar-refractivity contribution in [3.8, 4) is 11.4 Å². The van der Waals surface area contributed by atoms with Gasteiger partial charge >= 0.3 is 12.4 Å². The van der Waals surface area contributed by atoms with Gasteiger partial charge in [0.25, 0.3) is 0 Å². The fourth-order valence-corrected chi connectivity index (χ4v) is 3.05. The van der Waals surface area contributed by atoms with Crippen LogP contribution in [0.1, 0.15) is 23.8 Å². The zero-order valence-corrected chi connectivity index (χ0v) is 16.7. The van der Waals surface area contributed by atoms with Crippen LogP contribution in [0.15, 0.2) is 54.7 Å². The van der Waals surface area contributed by atoms with Crippen LogP contribution in [-0.4, -0.2) is 27.0 Å². The third kappa shape index (κ3) is 4.91. The van der Waals surface area contributed by atoms with Gasteiger partial charge in [-0.1, -0.05) is 0 Å². The van der Waals surface area contributed by atoms with E-state index in [2.05, 4.69) is 30.0 Å².